The van der Waals surface area contributed by atoms with Gasteiger partial charge < -0.3 is 9.73 Å². The lowest BCUT2D eigenvalue weighted by Gasteiger charge is -2.39. The third-order valence-electron chi connectivity index (χ3n) is 8.53. The fourth-order valence-corrected chi connectivity index (χ4v) is 8.16. The molecule has 2 heterocycles. The van der Waals surface area contributed by atoms with Crippen LogP contribution >= 0.6 is 11.8 Å². The van der Waals surface area contributed by atoms with Crippen molar-refractivity contribution in [2.45, 2.75) is 15.2 Å². The standard InChI is InChI=1S/C37H23NOS/c1-3-12-27-24(10-1)26-22-23(38-31-15-9-17-33-36(31)25-11-2-6-16-32(25)39-33)20-21-28(26)37(27)29-13-4-7-18-34(29)40-35-19-8-5-14-30(35)37/h1-22,38H. The van der Waals surface area contributed by atoms with Gasteiger partial charge in [-0.3, -0.25) is 0 Å². The second-order valence-corrected chi connectivity index (χ2v) is 11.6. The Morgan fingerprint density at radius 3 is 2.00 bits per heavy atom. The van der Waals surface area contributed by atoms with E-state index < -0.39 is 0 Å². The highest BCUT2D eigenvalue weighted by Gasteiger charge is 2.50. The third-order valence-corrected chi connectivity index (χ3v) is 9.68. The van der Waals surface area contributed by atoms with E-state index in [4.69, 9.17) is 4.42 Å². The van der Waals surface area contributed by atoms with Crippen molar-refractivity contribution < 1.29 is 4.42 Å². The maximum absolute atomic E-state index is 6.15. The molecule has 0 unspecified atom stereocenters. The first kappa shape index (κ1) is 22.1. The van der Waals surface area contributed by atoms with E-state index in [-0.39, 0.29) is 5.41 Å². The summed E-state index contributed by atoms with van der Waals surface area (Å²) < 4.78 is 6.15. The topological polar surface area (TPSA) is 25.2 Å². The van der Waals surface area contributed by atoms with Crippen LogP contribution in [-0.2, 0) is 5.41 Å². The number of furan rings is 1. The third kappa shape index (κ3) is 2.85. The van der Waals surface area contributed by atoms with Gasteiger partial charge in [-0.2, -0.15) is 0 Å². The van der Waals surface area contributed by atoms with E-state index in [9.17, 15) is 0 Å². The molecular formula is C37H23NOS. The maximum Gasteiger partial charge on any atom is 0.137 e. The van der Waals surface area contributed by atoms with Gasteiger partial charge in [0.1, 0.15) is 11.2 Å². The molecule has 1 aliphatic carbocycles. The van der Waals surface area contributed by atoms with Gasteiger partial charge in [-0.25, -0.2) is 0 Å². The van der Waals surface area contributed by atoms with Crippen LogP contribution in [0, 0.1) is 0 Å². The van der Waals surface area contributed by atoms with E-state index in [1.54, 1.807) is 0 Å². The molecule has 2 nitrogen and oxygen atoms in total. The number of rotatable bonds is 2. The van der Waals surface area contributed by atoms with Crippen molar-refractivity contribution in [2.75, 3.05) is 5.32 Å². The lowest BCUT2D eigenvalue weighted by Crippen LogP contribution is -2.31. The van der Waals surface area contributed by atoms with Crippen molar-refractivity contribution in [2.24, 2.45) is 0 Å². The molecule has 0 saturated heterocycles. The average Bonchev–Trinajstić information content (AvgIpc) is 3.52. The molecular weight excluding hydrogens is 506 g/mol. The van der Waals surface area contributed by atoms with Gasteiger partial charge in [0.25, 0.3) is 0 Å². The molecule has 1 spiro atoms. The molecule has 0 amide bonds. The Balaban J connectivity index is 1.28. The zero-order chi connectivity index (χ0) is 26.3. The van der Waals surface area contributed by atoms with Crippen molar-refractivity contribution in [1.29, 1.82) is 0 Å². The zero-order valence-corrected chi connectivity index (χ0v) is 22.3. The van der Waals surface area contributed by atoms with E-state index in [2.05, 4.69) is 121 Å². The molecule has 7 aromatic rings. The summed E-state index contributed by atoms with van der Waals surface area (Å²) in [6.07, 6.45) is 0. The molecule has 0 fully saturated rings. The molecule has 3 heteroatoms. The molecule has 6 aromatic carbocycles. The number of anilines is 2. The number of para-hydroxylation sites is 1. The SMILES string of the molecule is c1ccc2c(c1)Sc1ccccc1C21c2ccccc2-c2cc(Nc3cccc4oc5ccccc5c34)ccc21. The molecule has 1 aromatic heterocycles. The van der Waals surface area contributed by atoms with Gasteiger partial charge in [-0.1, -0.05) is 103 Å². The molecule has 1 aliphatic heterocycles. The largest absolute Gasteiger partial charge is 0.456 e. The van der Waals surface area contributed by atoms with Gasteiger partial charge >= 0.3 is 0 Å². The molecule has 0 atom stereocenters. The predicted molar refractivity (Wildman–Crippen MR) is 165 cm³/mol. The molecule has 40 heavy (non-hydrogen) atoms. The number of hydrogen-bond acceptors (Lipinski definition) is 3. The van der Waals surface area contributed by atoms with Gasteiger partial charge in [0, 0.05) is 20.9 Å². The first-order valence-electron chi connectivity index (χ1n) is 13.6. The Labute approximate surface area is 236 Å². The molecule has 0 bridgehead atoms. The van der Waals surface area contributed by atoms with Crippen molar-refractivity contribution in [3.05, 3.63) is 156 Å². The summed E-state index contributed by atoms with van der Waals surface area (Å²) in [7, 11) is 0. The Morgan fingerprint density at radius 1 is 0.525 bits per heavy atom. The van der Waals surface area contributed by atoms with Crippen LogP contribution in [0.25, 0.3) is 33.1 Å². The van der Waals surface area contributed by atoms with Crippen LogP contribution in [0.2, 0.25) is 0 Å². The molecule has 1 N–H and O–H groups in total. The normalized spacial score (nSPS) is 14.1. The van der Waals surface area contributed by atoms with Crippen LogP contribution in [0.4, 0.5) is 11.4 Å². The second-order valence-electron chi connectivity index (χ2n) is 10.6. The summed E-state index contributed by atoms with van der Waals surface area (Å²) >= 11 is 1.88. The fraction of sp³-hybridized carbons (Fsp3) is 0.0270. The Kier molecular flexibility index (Phi) is 4.50. The molecule has 0 radical (unpaired) electrons. The van der Waals surface area contributed by atoms with Crippen LogP contribution in [-0.4, -0.2) is 0 Å². The predicted octanol–water partition coefficient (Wildman–Crippen LogP) is 10.2. The van der Waals surface area contributed by atoms with Crippen LogP contribution in [0.15, 0.2) is 148 Å². The van der Waals surface area contributed by atoms with Gasteiger partial charge in [-0.15, -0.1) is 0 Å². The maximum atomic E-state index is 6.15. The lowest BCUT2D eigenvalue weighted by atomic mass is 9.67. The van der Waals surface area contributed by atoms with Crippen molar-refractivity contribution in [3.63, 3.8) is 0 Å². The summed E-state index contributed by atoms with van der Waals surface area (Å²) in [5.41, 5.74) is 11.6. The monoisotopic (exact) mass is 529 g/mol. The minimum Gasteiger partial charge on any atom is -0.456 e. The van der Waals surface area contributed by atoms with Gasteiger partial charge in [0.15, 0.2) is 0 Å². The highest BCUT2D eigenvalue weighted by atomic mass is 32.2. The number of nitrogens with one attached hydrogen (secondary N) is 1. The molecule has 2 aliphatic rings. The number of benzene rings is 6. The summed E-state index contributed by atoms with van der Waals surface area (Å²) in [6, 6.07) is 48.2. The summed E-state index contributed by atoms with van der Waals surface area (Å²) in [4.78, 5) is 2.65. The van der Waals surface area contributed by atoms with Gasteiger partial charge in [0.2, 0.25) is 0 Å². The highest BCUT2D eigenvalue weighted by Crippen LogP contribution is 2.62. The van der Waals surface area contributed by atoms with E-state index in [0.717, 1.165) is 33.3 Å². The minimum absolute atomic E-state index is 0.344. The zero-order valence-electron chi connectivity index (χ0n) is 21.5. The Morgan fingerprint density at radius 2 is 1.18 bits per heavy atom. The van der Waals surface area contributed by atoms with Crippen LogP contribution < -0.4 is 5.32 Å². The first-order valence-corrected chi connectivity index (χ1v) is 14.4. The molecule has 188 valence electrons. The lowest BCUT2D eigenvalue weighted by molar-refractivity contribution is 0.669. The number of hydrogen-bond donors (Lipinski definition) is 1. The van der Waals surface area contributed by atoms with Crippen molar-refractivity contribution in [1.82, 2.24) is 0 Å². The van der Waals surface area contributed by atoms with E-state index in [0.29, 0.717) is 0 Å². The minimum atomic E-state index is -0.344. The fourth-order valence-electron chi connectivity index (χ4n) is 6.97. The highest BCUT2D eigenvalue weighted by molar-refractivity contribution is 7.99. The number of fused-ring (bicyclic) bond motifs is 12. The summed E-state index contributed by atoms with van der Waals surface area (Å²) in [5, 5.41) is 5.99. The van der Waals surface area contributed by atoms with Crippen molar-refractivity contribution >= 4 is 45.1 Å². The smallest absolute Gasteiger partial charge is 0.137 e. The van der Waals surface area contributed by atoms with Gasteiger partial charge in [-0.05, 0) is 75.8 Å². The average molecular weight is 530 g/mol. The first-order chi connectivity index (χ1) is 19.8. The van der Waals surface area contributed by atoms with Crippen LogP contribution in [0.3, 0.4) is 0 Å². The van der Waals surface area contributed by atoms with Crippen LogP contribution in [0.1, 0.15) is 22.3 Å². The van der Waals surface area contributed by atoms with Gasteiger partial charge in [0.05, 0.1) is 16.5 Å². The summed E-state index contributed by atoms with van der Waals surface area (Å²) in [6.45, 7) is 0. The molecule has 0 saturated carbocycles. The van der Waals surface area contributed by atoms with E-state index >= 15 is 0 Å². The summed E-state index contributed by atoms with van der Waals surface area (Å²) in [5.74, 6) is 0. The molecule has 9 rings (SSSR count). The second kappa shape index (κ2) is 8.14. The Hall–Kier alpha value is -4.73. The quantitative estimate of drug-likeness (QED) is 0.241. The van der Waals surface area contributed by atoms with Crippen molar-refractivity contribution in [3.8, 4) is 11.1 Å². The van der Waals surface area contributed by atoms with Crippen LogP contribution in [0.5, 0.6) is 0 Å². The van der Waals surface area contributed by atoms with E-state index in [1.807, 2.05) is 30.0 Å². The Bertz CT molecular complexity index is 2090. The van der Waals surface area contributed by atoms with E-state index in [1.165, 1.54) is 43.2 Å².